The van der Waals surface area contributed by atoms with Crippen LogP contribution in [0.4, 0.5) is 0 Å². The Labute approximate surface area is 62.4 Å². The molecule has 0 bridgehead atoms. The highest BCUT2D eigenvalue weighted by Crippen LogP contribution is 2.01. The minimum Gasteiger partial charge on any atom is -0.249 e. The van der Waals surface area contributed by atoms with Crippen LogP contribution in [0.25, 0.3) is 0 Å². The molecular weight excluding hydrogens is 124 g/mol. The van der Waals surface area contributed by atoms with Gasteiger partial charge in [-0.2, -0.15) is 0 Å². The fraction of sp³-hybridized carbons (Fsp3) is 0.500. The fourth-order valence-corrected chi connectivity index (χ4v) is 0.629. The Kier molecular flexibility index (Phi) is 4.46. The highest BCUT2D eigenvalue weighted by atomic mass is 14.9. The molecule has 0 aliphatic carbocycles. The first-order chi connectivity index (χ1) is 4.70. The number of hydrogen-bond donors (Lipinski definition) is 0. The zero-order chi connectivity index (χ0) is 7.98. The second-order valence-electron chi connectivity index (χ2n) is 2.48. The van der Waals surface area contributed by atoms with Crippen molar-refractivity contribution >= 4 is 12.6 Å². The van der Waals surface area contributed by atoms with Crippen LogP contribution in [0.2, 0.25) is 0 Å². The van der Waals surface area contributed by atoms with Crippen LogP contribution >= 0.6 is 0 Å². The molecule has 0 saturated carbocycles. The molecule has 0 rings (SSSR count). The van der Waals surface area contributed by atoms with Gasteiger partial charge in [-0.05, 0) is 12.6 Å². The lowest BCUT2D eigenvalue weighted by atomic mass is 10.1. The Morgan fingerprint density at radius 1 is 1.60 bits per heavy atom. The number of aliphatic imine (C=N–C) groups is 2. The molecule has 0 aromatic carbocycles. The van der Waals surface area contributed by atoms with Gasteiger partial charge in [0.05, 0.1) is 0 Å². The molecule has 0 aromatic rings. The van der Waals surface area contributed by atoms with Crippen molar-refractivity contribution in [2.45, 2.75) is 20.3 Å². The van der Waals surface area contributed by atoms with Gasteiger partial charge in [0.25, 0.3) is 0 Å². The van der Waals surface area contributed by atoms with E-state index in [0.29, 0.717) is 5.92 Å². The van der Waals surface area contributed by atoms with E-state index in [-0.39, 0.29) is 0 Å². The maximum absolute atomic E-state index is 3.93. The minimum atomic E-state index is 0.573. The molecule has 0 atom stereocenters. The minimum absolute atomic E-state index is 0.573. The quantitative estimate of drug-likeness (QED) is 0.422. The van der Waals surface area contributed by atoms with Gasteiger partial charge in [0.1, 0.15) is 5.84 Å². The molecule has 0 aromatic heterocycles. The zero-order valence-electron chi connectivity index (χ0n) is 6.67. The third kappa shape index (κ3) is 4.01. The van der Waals surface area contributed by atoms with Gasteiger partial charge >= 0.3 is 0 Å². The van der Waals surface area contributed by atoms with Crippen LogP contribution in [0.15, 0.2) is 22.8 Å². The Bertz CT molecular complexity index is 145. The lowest BCUT2D eigenvalue weighted by Gasteiger charge is -2.01. The molecule has 2 heteroatoms. The van der Waals surface area contributed by atoms with Crippen molar-refractivity contribution in [2.75, 3.05) is 0 Å². The van der Waals surface area contributed by atoms with Gasteiger partial charge in [-0.1, -0.05) is 20.4 Å². The first kappa shape index (κ1) is 9.08. The normalized spacial score (nSPS) is 11.7. The van der Waals surface area contributed by atoms with Crippen molar-refractivity contribution in [3.05, 3.63) is 12.8 Å². The molecule has 0 unspecified atom stereocenters. The fourth-order valence-electron chi connectivity index (χ4n) is 0.629. The van der Waals surface area contributed by atoms with Gasteiger partial charge in [-0.15, -0.1) is 0 Å². The van der Waals surface area contributed by atoms with E-state index in [2.05, 4.69) is 37.1 Å². The predicted molar refractivity (Wildman–Crippen MR) is 46.6 cm³/mol. The molecule has 0 amide bonds. The summed E-state index contributed by atoms with van der Waals surface area (Å²) >= 11 is 0. The summed E-state index contributed by atoms with van der Waals surface area (Å²) in [4.78, 5) is 7.68. The number of amidine groups is 1. The SMILES string of the molecule is C=CN=C(CC(C)C)N=C. The summed E-state index contributed by atoms with van der Waals surface area (Å²) < 4.78 is 0. The molecule has 0 saturated heterocycles. The predicted octanol–water partition coefficient (Wildman–Crippen LogP) is 2.28. The molecular formula is C8H14N2. The van der Waals surface area contributed by atoms with Crippen LogP contribution in [0, 0.1) is 5.92 Å². The van der Waals surface area contributed by atoms with Crippen molar-refractivity contribution in [2.24, 2.45) is 15.9 Å². The van der Waals surface area contributed by atoms with E-state index in [0.717, 1.165) is 12.3 Å². The first-order valence-corrected chi connectivity index (χ1v) is 3.35. The van der Waals surface area contributed by atoms with E-state index < -0.39 is 0 Å². The number of rotatable bonds is 3. The molecule has 2 nitrogen and oxygen atoms in total. The zero-order valence-corrected chi connectivity index (χ0v) is 6.67. The van der Waals surface area contributed by atoms with Gasteiger partial charge in [-0.25, -0.2) is 9.98 Å². The highest BCUT2D eigenvalue weighted by molar-refractivity contribution is 5.86. The Balaban J connectivity index is 3.95. The topological polar surface area (TPSA) is 24.7 Å². The van der Waals surface area contributed by atoms with Crippen molar-refractivity contribution in [1.29, 1.82) is 0 Å². The molecule has 0 radical (unpaired) electrons. The molecule has 0 aliphatic heterocycles. The summed E-state index contributed by atoms with van der Waals surface area (Å²) in [6, 6.07) is 0. The van der Waals surface area contributed by atoms with Crippen LogP contribution in [-0.4, -0.2) is 12.6 Å². The van der Waals surface area contributed by atoms with Crippen LogP contribution in [0.1, 0.15) is 20.3 Å². The van der Waals surface area contributed by atoms with Gasteiger partial charge in [0.15, 0.2) is 0 Å². The summed E-state index contributed by atoms with van der Waals surface area (Å²) in [5.74, 6) is 1.34. The lowest BCUT2D eigenvalue weighted by molar-refractivity contribution is 0.681. The molecule has 56 valence electrons. The average Bonchev–Trinajstić information content (AvgIpc) is 1.86. The third-order valence-electron chi connectivity index (χ3n) is 1.01. The molecule has 0 aliphatic rings. The summed E-state index contributed by atoms with van der Waals surface area (Å²) in [5.41, 5.74) is 0. The summed E-state index contributed by atoms with van der Waals surface area (Å²) in [6.45, 7) is 11.1. The molecule has 10 heavy (non-hydrogen) atoms. The monoisotopic (exact) mass is 138 g/mol. The first-order valence-electron chi connectivity index (χ1n) is 3.35. The summed E-state index contributed by atoms with van der Waals surface area (Å²) in [6.07, 6.45) is 2.36. The standard InChI is InChI=1S/C8H14N2/c1-5-10-8(9-4)6-7(2)3/h5,7H,1,4,6H2,2-3H3. The van der Waals surface area contributed by atoms with Gasteiger partial charge in [-0.3, -0.25) is 0 Å². The van der Waals surface area contributed by atoms with E-state index in [1.165, 1.54) is 6.20 Å². The maximum atomic E-state index is 3.93. The molecule has 0 N–H and O–H groups in total. The van der Waals surface area contributed by atoms with Crippen LogP contribution in [-0.2, 0) is 0 Å². The second-order valence-corrected chi connectivity index (χ2v) is 2.48. The number of hydrogen-bond acceptors (Lipinski definition) is 1. The van der Waals surface area contributed by atoms with Crippen molar-refractivity contribution < 1.29 is 0 Å². The smallest absolute Gasteiger partial charge is 0.127 e. The molecule has 0 heterocycles. The average molecular weight is 138 g/mol. The van der Waals surface area contributed by atoms with Gasteiger partial charge in [0, 0.05) is 12.6 Å². The van der Waals surface area contributed by atoms with Crippen LogP contribution < -0.4 is 0 Å². The van der Waals surface area contributed by atoms with Crippen molar-refractivity contribution in [3.63, 3.8) is 0 Å². The Morgan fingerprint density at radius 3 is 2.50 bits per heavy atom. The van der Waals surface area contributed by atoms with Gasteiger partial charge < -0.3 is 0 Å². The number of nitrogens with zero attached hydrogens (tertiary/aromatic N) is 2. The van der Waals surface area contributed by atoms with Crippen LogP contribution in [0.3, 0.4) is 0 Å². The van der Waals surface area contributed by atoms with E-state index >= 15 is 0 Å². The van der Waals surface area contributed by atoms with E-state index in [4.69, 9.17) is 0 Å². The summed E-state index contributed by atoms with van der Waals surface area (Å²) in [7, 11) is 0. The molecule has 0 spiro atoms. The van der Waals surface area contributed by atoms with E-state index in [1.54, 1.807) is 0 Å². The van der Waals surface area contributed by atoms with E-state index in [9.17, 15) is 0 Å². The van der Waals surface area contributed by atoms with Gasteiger partial charge in [0.2, 0.25) is 0 Å². The largest absolute Gasteiger partial charge is 0.249 e. The Hall–Kier alpha value is -0.920. The molecule has 0 fully saturated rings. The Morgan fingerprint density at radius 2 is 2.20 bits per heavy atom. The van der Waals surface area contributed by atoms with Crippen LogP contribution in [0.5, 0.6) is 0 Å². The maximum Gasteiger partial charge on any atom is 0.127 e. The highest BCUT2D eigenvalue weighted by Gasteiger charge is 1.97. The summed E-state index contributed by atoms with van der Waals surface area (Å²) in [5, 5.41) is 0. The lowest BCUT2D eigenvalue weighted by Crippen LogP contribution is -1.98. The van der Waals surface area contributed by atoms with Crippen molar-refractivity contribution in [1.82, 2.24) is 0 Å². The van der Waals surface area contributed by atoms with E-state index in [1.807, 2.05) is 0 Å². The third-order valence-corrected chi connectivity index (χ3v) is 1.01. The van der Waals surface area contributed by atoms with Crippen molar-refractivity contribution in [3.8, 4) is 0 Å². The second kappa shape index (κ2) is 4.91.